The molecule has 0 saturated carbocycles. The second-order valence-corrected chi connectivity index (χ2v) is 11.7. The number of hydrogen-bond donors (Lipinski definition) is 2. The van der Waals surface area contributed by atoms with Crippen LogP contribution >= 0.6 is 34.7 Å². The molecule has 3 aromatic rings. The molecule has 0 spiro atoms. The van der Waals surface area contributed by atoms with Crippen LogP contribution in [0, 0.1) is 0 Å². The maximum atomic E-state index is 12.9. The number of carboxylic acid groups (broad SMARTS) is 1. The maximum Gasteiger partial charge on any atom is 0.305 e. The number of carbonyl (C=O) groups excluding carboxylic acids is 2. The second kappa shape index (κ2) is 13.3. The number of carboxylic acids is 1. The fourth-order valence-electron chi connectivity index (χ4n) is 4.18. The van der Waals surface area contributed by atoms with Crippen molar-refractivity contribution in [3.8, 4) is 5.75 Å². The van der Waals surface area contributed by atoms with Gasteiger partial charge in [0.05, 0.1) is 29.7 Å². The molecule has 2 aromatic carbocycles. The van der Waals surface area contributed by atoms with Crippen LogP contribution in [0.15, 0.2) is 54.6 Å². The summed E-state index contributed by atoms with van der Waals surface area (Å²) in [6.45, 7) is 2.14. The molecule has 38 heavy (non-hydrogen) atoms. The van der Waals surface area contributed by atoms with Crippen LogP contribution in [0.5, 0.6) is 5.75 Å². The lowest BCUT2D eigenvalue weighted by molar-refractivity contribution is -0.139. The quantitative estimate of drug-likeness (QED) is 0.296. The van der Waals surface area contributed by atoms with Gasteiger partial charge in [0.1, 0.15) is 5.75 Å². The molecule has 1 atom stereocenters. The number of thiophene rings is 1. The van der Waals surface area contributed by atoms with Crippen molar-refractivity contribution in [1.29, 1.82) is 0 Å². The number of rotatable bonds is 13. The van der Waals surface area contributed by atoms with Crippen molar-refractivity contribution in [2.24, 2.45) is 0 Å². The predicted molar refractivity (Wildman–Crippen MR) is 151 cm³/mol. The smallest absolute Gasteiger partial charge is 0.305 e. The third kappa shape index (κ3) is 7.83. The molecule has 4 rings (SSSR count). The Morgan fingerprint density at radius 1 is 1.16 bits per heavy atom. The van der Waals surface area contributed by atoms with E-state index in [1.54, 1.807) is 12.1 Å². The van der Waals surface area contributed by atoms with E-state index in [2.05, 4.69) is 22.3 Å². The summed E-state index contributed by atoms with van der Waals surface area (Å²) in [5.74, 6) is -0.387. The molecule has 1 aromatic heterocycles. The Bertz CT molecular complexity index is 1310. The summed E-state index contributed by atoms with van der Waals surface area (Å²) in [5.41, 5.74) is 3.33. The number of benzene rings is 2. The number of Topliss-reactive ketones (excluding diaryl/α,β-unsaturated/α-hetero) is 1. The second-order valence-electron chi connectivity index (χ2n) is 9.15. The van der Waals surface area contributed by atoms with E-state index >= 15 is 0 Å². The molecule has 0 aliphatic carbocycles. The molecule has 0 unspecified atom stereocenters. The van der Waals surface area contributed by atoms with E-state index in [4.69, 9.17) is 16.3 Å². The Morgan fingerprint density at radius 2 is 1.97 bits per heavy atom. The van der Waals surface area contributed by atoms with E-state index in [0.717, 1.165) is 35.8 Å². The van der Waals surface area contributed by atoms with E-state index in [9.17, 15) is 19.5 Å². The van der Waals surface area contributed by atoms with Crippen molar-refractivity contribution in [2.45, 2.75) is 37.7 Å². The Kier molecular flexibility index (Phi) is 9.85. The summed E-state index contributed by atoms with van der Waals surface area (Å²) in [6.07, 6.45) is 0.464. The Balaban J connectivity index is 1.30. The topological polar surface area (TPSA) is 95.9 Å². The Hall–Kier alpha value is -2.85. The first-order valence-corrected chi connectivity index (χ1v) is 14.5. The van der Waals surface area contributed by atoms with Gasteiger partial charge in [-0.15, -0.1) is 23.1 Å². The van der Waals surface area contributed by atoms with E-state index in [0.29, 0.717) is 22.2 Å². The first-order chi connectivity index (χ1) is 18.3. The van der Waals surface area contributed by atoms with E-state index < -0.39 is 24.3 Å². The summed E-state index contributed by atoms with van der Waals surface area (Å²) < 4.78 is 5.57. The fraction of sp³-hybridized carbons (Fsp3) is 0.321. The highest BCUT2D eigenvalue weighted by Crippen LogP contribution is 2.27. The van der Waals surface area contributed by atoms with Gasteiger partial charge < -0.3 is 15.2 Å². The lowest BCUT2D eigenvalue weighted by Gasteiger charge is -2.16. The largest absolute Gasteiger partial charge is 0.493 e. The highest BCUT2D eigenvalue weighted by atomic mass is 35.5. The highest BCUT2D eigenvalue weighted by Gasteiger charge is 2.25. The van der Waals surface area contributed by atoms with Crippen LogP contribution in [0.3, 0.4) is 0 Å². The van der Waals surface area contributed by atoms with Gasteiger partial charge in [0, 0.05) is 35.2 Å². The molecule has 2 N–H and O–H groups in total. The number of hydrogen-bond acceptors (Lipinski definition) is 7. The lowest BCUT2D eigenvalue weighted by Crippen LogP contribution is -2.43. The number of halogens is 1. The minimum Gasteiger partial charge on any atom is -0.493 e. The molecule has 1 aliphatic heterocycles. The number of aliphatic carboxylic acids is 1. The number of amides is 1. The highest BCUT2D eigenvalue weighted by molar-refractivity contribution is 7.99. The third-order valence-electron chi connectivity index (χ3n) is 6.05. The van der Waals surface area contributed by atoms with E-state index in [1.807, 2.05) is 37.4 Å². The molecule has 1 amide bonds. The summed E-state index contributed by atoms with van der Waals surface area (Å²) in [6, 6.07) is 16.1. The predicted octanol–water partition coefficient (Wildman–Crippen LogP) is 5.04. The number of carbonyl (C=O) groups is 3. The van der Waals surface area contributed by atoms with E-state index in [-0.39, 0.29) is 11.5 Å². The van der Waals surface area contributed by atoms with Crippen LogP contribution < -0.4 is 10.1 Å². The number of fused-ring (bicyclic) bond motifs is 1. The van der Waals surface area contributed by atoms with Crippen LogP contribution in [-0.4, -0.2) is 53.1 Å². The first kappa shape index (κ1) is 28.2. The molecule has 2 heterocycles. The SMILES string of the molecule is CN(Cc1ccc2c(c1)CCO2)Cc1ccc(C(=O)N[C@@H](CC(=O)O)C(=O)CSCc2ccccc2Cl)s1. The van der Waals surface area contributed by atoms with Crippen LogP contribution in [0.4, 0.5) is 0 Å². The average Bonchev–Trinajstić information content (AvgIpc) is 3.53. The first-order valence-electron chi connectivity index (χ1n) is 12.2. The zero-order valence-corrected chi connectivity index (χ0v) is 23.3. The molecule has 0 radical (unpaired) electrons. The van der Waals surface area contributed by atoms with Gasteiger partial charge in [-0.05, 0) is 48.0 Å². The molecule has 200 valence electrons. The van der Waals surface area contributed by atoms with Gasteiger partial charge in [0.15, 0.2) is 5.78 Å². The monoisotopic (exact) mass is 572 g/mol. The van der Waals surface area contributed by atoms with E-state index in [1.165, 1.54) is 34.2 Å². The number of ketones is 1. The normalized spacial score (nSPS) is 13.1. The maximum absolute atomic E-state index is 12.9. The average molecular weight is 573 g/mol. The zero-order chi connectivity index (χ0) is 27.1. The van der Waals surface area contributed by atoms with Crippen molar-refractivity contribution in [2.75, 3.05) is 19.4 Å². The van der Waals surface area contributed by atoms with Gasteiger partial charge >= 0.3 is 5.97 Å². The molecular weight excluding hydrogens is 544 g/mol. The van der Waals surface area contributed by atoms with Crippen LogP contribution in [-0.2, 0) is 34.9 Å². The van der Waals surface area contributed by atoms with Gasteiger partial charge in [-0.3, -0.25) is 19.3 Å². The summed E-state index contributed by atoms with van der Waals surface area (Å²) in [7, 11) is 2.02. The van der Waals surface area contributed by atoms with Crippen LogP contribution in [0.1, 0.15) is 37.7 Å². The van der Waals surface area contributed by atoms with Crippen molar-refractivity contribution in [3.63, 3.8) is 0 Å². The molecule has 0 saturated heterocycles. The van der Waals surface area contributed by atoms with Gasteiger partial charge in [0.25, 0.3) is 5.91 Å². The Morgan fingerprint density at radius 3 is 2.76 bits per heavy atom. The molecule has 1 aliphatic rings. The van der Waals surface area contributed by atoms with Gasteiger partial charge in [-0.25, -0.2) is 0 Å². The molecule has 0 fully saturated rings. The summed E-state index contributed by atoms with van der Waals surface area (Å²) in [4.78, 5) is 40.6. The lowest BCUT2D eigenvalue weighted by atomic mass is 10.1. The summed E-state index contributed by atoms with van der Waals surface area (Å²) >= 11 is 8.84. The van der Waals surface area contributed by atoms with Gasteiger partial charge in [0.2, 0.25) is 0 Å². The number of thioether (sulfide) groups is 1. The van der Waals surface area contributed by atoms with Crippen molar-refractivity contribution in [1.82, 2.24) is 10.2 Å². The molecule has 10 heteroatoms. The third-order valence-corrected chi connectivity index (χ3v) is 8.49. The van der Waals surface area contributed by atoms with Crippen molar-refractivity contribution >= 4 is 52.4 Å². The van der Waals surface area contributed by atoms with Crippen molar-refractivity contribution < 1.29 is 24.2 Å². The fourth-order valence-corrected chi connectivity index (χ4v) is 6.43. The zero-order valence-electron chi connectivity index (χ0n) is 20.9. The van der Waals surface area contributed by atoms with Gasteiger partial charge in [-0.1, -0.05) is 41.9 Å². The minimum absolute atomic E-state index is 0.0682. The number of nitrogens with zero attached hydrogens (tertiary/aromatic N) is 1. The van der Waals surface area contributed by atoms with Crippen molar-refractivity contribution in [3.05, 3.63) is 86.1 Å². The van der Waals surface area contributed by atoms with Crippen LogP contribution in [0.25, 0.3) is 0 Å². The van der Waals surface area contributed by atoms with Crippen LogP contribution in [0.2, 0.25) is 5.02 Å². The summed E-state index contributed by atoms with van der Waals surface area (Å²) in [5, 5.41) is 12.5. The molecular formula is C28H29ClN2O5S2. The molecule has 0 bridgehead atoms. The Labute approximate surface area is 235 Å². The molecule has 7 nitrogen and oxygen atoms in total. The number of ether oxygens (including phenoxy) is 1. The van der Waals surface area contributed by atoms with Gasteiger partial charge in [-0.2, -0.15) is 0 Å². The standard InChI is InChI=1S/C28H29ClN2O5S2/c1-31(14-18-6-8-25-19(12-18)10-11-36-25)15-21-7-9-26(38-21)28(35)30-23(13-27(33)34)24(32)17-37-16-20-4-2-3-5-22(20)29/h2-9,12,23H,10-11,13-17H2,1H3,(H,30,35)(H,33,34)/t23-/m0/s1. The minimum atomic E-state index is -1.15. The number of nitrogens with one attached hydrogen (secondary N) is 1.